The van der Waals surface area contributed by atoms with Crippen molar-refractivity contribution in [3.8, 4) is 22.6 Å². The first-order valence-electron chi connectivity index (χ1n) is 12.4. The van der Waals surface area contributed by atoms with E-state index in [1.54, 1.807) is 23.9 Å². The number of hydrogen-bond acceptors (Lipinski definition) is 6. The van der Waals surface area contributed by atoms with Gasteiger partial charge in [-0.05, 0) is 66.6 Å². The number of pyridine rings is 1. The molecule has 0 saturated carbocycles. The van der Waals surface area contributed by atoms with E-state index < -0.39 is 0 Å². The number of benzene rings is 2. The summed E-state index contributed by atoms with van der Waals surface area (Å²) in [6, 6.07) is 12.4. The number of aromatic nitrogens is 5. The van der Waals surface area contributed by atoms with E-state index in [0.717, 1.165) is 45.6 Å². The fourth-order valence-corrected chi connectivity index (χ4v) is 4.94. The molecular formula is C28H28FN7OS. The number of H-pyrrole nitrogens is 2. The van der Waals surface area contributed by atoms with E-state index >= 15 is 0 Å². The summed E-state index contributed by atoms with van der Waals surface area (Å²) in [5.41, 5.74) is 6.31. The summed E-state index contributed by atoms with van der Waals surface area (Å²) in [5, 5.41) is 14.7. The van der Waals surface area contributed by atoms with Crippen LogP contribution in [0.5, 0.6) is 0 Å². The number of imidazole rings is 1. The Morgan fingerprint density at radius 1 is 1.11 bits per heavy atom. The summed E-state index contributed by atoms with van der Waals surface area (Å²) >= 11 is 1.55. The number of halogens is 1. The van der Waals surface area contributed by atoms with Gasteiger partial charge in [0.25, 0.3) is 5.91 Å². The Morgan fingerprint density at radius 2 is 1.95 bits per heavy atom. The second-order valence-corrected chi connectivity index (χ2v) is 9.96. The third kappa shape index (κ3) is 5.61. The molecule has 194 valence electrons. The molecule has 4 N–H and O–H groups in total. The molecule has 0 fully saturated rings. The van der Waals surface area contributed by atoms with Crippen LogP contribution in [0.25, 0.3) is 33.5 Å². The quantitative estimate of drug-likeness (QED) is 0.148. The van der Waals surface area contributed by atoms with E-state index in [4.69, 9.17) is 0 Å². The van der Waals surface area contributed by atoms with Gasteiger partial charge in [0.2, 0.25) is 0 Å². The molecule has 3 heterocycles. The number of carbonyl (C=O) groups is 1. The van der Waals surface area contributed by atoms with Crippen molar-refractivity contribution in [1.29, 1.82) is 0 Å². The third-order valence-electron chi connectivity index (χ3n) is 6.27. The van der Waals surface area contributed by atoms with Gasteiger partial charge in [0.05, 0.1) is 11.7 Å². The summed E-state index contributed by atoms with van der Waals surface area (Å²) in [4.78, 5) is 25.6. The zero-order valence-corrected chi connectivity index (χ0v) is 22.0. The van der Waals surface area contributed by atoms with Crippen LogP contribution in [0.1, 0.15) is 28.5 Å². The highest BCUT2D eigenvalue weighted by Gasteiger charge is 2.16. The van der Waals surface area contributed by atoms with E-state index in [1.807, 2.05) is 18.5 Å². The van der Waals surface area contributed by atoms with Crippen molar-refractivity contribution in [2.24, 2.45) is 0 Å². The summed E-state index contributed by atoms with van der Waals surface area (Å²) in [7, 11) is 0. The maximum absolute atomic E-state index is 13.0. The van der Waals surface area contributed by atoms with E-state index in [1.165, 1.54) is 23.9 Å². The first kappa shape index (κ1) is 25.6. The molecule has 2 aromatic carbocycles. The molecule has 8 nitrogen and oxygen atoms in total. The molecular weight excluding hydrogens is 501 g/mol. The molecule has 5 rings (SSSR count). The van der Waals surface area contributed by atoms with Gasteiger partial charge in [-0.3, -0.25) is 14.9 Å². The highest BCUT2D eigenvalue weighted by atomic mass is 32.2. The summed E-state index contributed by atoms with van der Waals surface area (Å²) in [5.74, 6) is 0.660. The van der Waals surface area contributed by atoms with Gasteiger partial charge < -0.3 is 15.6 Å². The average Bonchev–Trinajstić information content (AvgIpc) is 3.58. The van der Waals surface area contributed by atoms with Gasteiger partial charge in [0.15, 0.2) is 5.82 Å². The van der Waals surface area contributed by atoms with Crippen molar-refractivity contribution in [3.05, 3.63) is 83.7 Å². The number of carbonyl (C=O) groups excluding carboxylic acids is 1. The number of rotatable bonds is 10. The Bertz CT molecular complexity index is 1560. The van der Waals surface area contributed by atoms with Gasteiger partial charge in [0.1, 0.15) is 17.2 Å². The molecule has 1 amide bonds. The van der Waals surface area contributed by atoms with Gasteiger partial charge in [-0.2, -0.15) is 5.10 Å². The predicted molar refractivity (Wildman–Crippen MR) is 148 cm³/mol. The molecule has 0 aliphatic heterocycles. The van der Waals surface area contributed by atoms with E-state index in [9.17, 15) is 9.18 Å². The van der Waals surface area contributed by atoms with Crippen LogP contribution in [0, 0.1) is 12.7 Å². The van der Waals surface area contributed by atoms with Crippen molar-refractivity contribution in [1.82, 2.24) is 35.8 Å². The van der Waals surface area contributed by atoms with Crippen molar-refractivity contribution in [2.75, 3.05) is 18.8 Å². The lowest BCUT2D eigenvalue weighted by Crippen LogP contribution is -2.26. The van der Waals surface area contributed by atoms with Crippen LogP contribution in [0.2, 0.25) is 0 Å². The lowest BCUT2D eigenvalue weighted by Gasteiger charge is -2.11. The number of hydrogen-bond donors (Lipinski definition) is 4. The fraction of sp³-hybridized carbons (Fsp3) is 0.214. The van der Waals surface area contributed by atoms with Crippen molar-refractivity contribution >= 4 is 28.6 Å². The number of amides is 1. The monoisotopic (exact) mass is 529 g/mol. The molecule has 0 saturated heterocycles. The normalized spacial score (nSPS) is 11.2. The highest BCUT2D eigenvalue weighted by molar-refractivity contribution is 7.99. The average molecular weight is 530 g/mol. The molecule has 0 spiro atoms. The van der Waals surface area contributed by atoms with Crippen LogP contribution in [0.15, 0.2) is 66.0 Å². The number of fused-ring (bicyclic) bond motifs is 1. The molecule has 0 atom stereocenters. The van der Waals surface area contributed by atoms with E-state index in [0.29, 0.717) is 29.5 Å². The zero-order chi connectivity index (χ0) is 26.5. The molecule has 0 bridgehead atoms. The highest BCUT2D eigenvalue weighted by Crippen LogP contribution is 2.31. The minimum atomic E-state index is -0.264. The zero-order valence-electron chi connectivity index (χ0n) is 21.1. The van der Waals surface area contributed by atoms with E-state index in [2.05, 4.69) is 61.8 Å². The second kappa shape index (κ2) is 11.6. The Balaban J connectivity index is 1.30. The van der Waals surface area contributed by atoms with Crippen LogP contribution < -0.4 is 10.6 Å². The third-order valence-corrected chi connectivity index (χ3v) is 7.29. The minimum absolute atomic E-state index is 0.247. The lowest BCUT2D eigenvalue weighted by molar-refractivity contribution is 0.0951. The topological polar surface area (TPSA) is 111 Å². The maximum atomic E-state index is 13.0. The smallest absolute Gasteiger partial charge is 0.269 e. The van der Waals surface area contributed by atoms with Gasteiger partial charge >= 0.3 is 0 Å². The Kier molecular flexibility index (Phi) is 7.81. The predicted octanol–water partition coefficient (Wildman–Crippen LogP) is 5.09. The molecule has 3 aromatic heterocycles. The number of thioether (sulfide) groups is 1. The second-order valence-electron chi connectivity index (χ2n) is 8.79. The van der Waals surface area contributed by atoms with Crippen molar-refractivity contribution in [3.63, 3.8) is 0 Å². The fourth-order valence-electron chi connectivity index (χ4n) is 4.18. The molecule has 0 radical (unpaired) electrons. The van der Waals surface area contributed by atoms with E-state index in [-0.39, 0.29) is 11.7 Å². The van der Waals surface area contributed by atoms with Crippen LogP contribution in [0.4, 0.5) is 4.39 Å². The summed E-state index contributed by atoms with van der Waals surface area (Å²) in [6.45, 7) is 6.32. The lowest BCUT2D eigenvalue weighted by atomic mass is 9.98. The molecule has 10 heteroatoms. The van der Waals surface area contributed by atoms with Crippen molar-refractivity contribution < 1.29 is 9.18 Å². The molecule has 38 heavy (non-hydrogen) atoms. The Morgan fingerprint density at radius 3 is 2.76 bits per heavy atom. The van der Waals surface area contributed by atoms with Crippen LogP contribution in [0.3, 0.4) is 0 Å². The van der Waals surface area contributed by atoms with Crippen LogP contribution in [-0.4, -0.2) is 49.9 Å². The first-order valence-corrected chi connectivity index (χ1v) is 13.4. The summed E-state index contributed by atoms with van der Waals surface area (Å²) < 4.78 is 13.0. The van der Waals surface area contributed by atoms with Gasteiger partial charge in [-0.25, -0.2) is 9.37 Å². The van der Waals surface area contributed by atoms with Crippen LogP contribution >= 0.6 is 11.8 Å². The first-order chi connectivity index (χ1) is 18.5. The van der Waals surface area contributed by atoms with Gasteiger partial charge in [0, 0.05) is 47.1 Å². The van der Waals surface area contributed by atoms with Gasteiger partial charge in [-0.1, -0.05) is 13.0 Å². The Labute approximate surface area is 223 Å². The molecule has 5 aromatic rings. The standard InChI is InChI=1S/C28H28FN7OS/c1-3-30-13-19-14-31-15-23(17(19)2)18-4-9-24-22(12-18)26(36-35-24)27-33-16-25(34-27)28(37)32-10-11-38-21-7-5-20(29)6-8-21/h4-9,12,14-16,30H,3,10-11,13H2,1-2H3,(H,32,37)(H,33,34)(H,35,36). The van der Waals surface area contributed by atoms with Crippen LogP contribution in [-0.2, 0) is 6.54 Å². The van der Waals surface area contributed by atoms with Crippen molar-refractivity contribution in [2.45, 2.75) is 25.3 Å². The van der Waals surface area contributed by atoms with Gasteiger partial charge in [-0.15, -0.1) is 11.8 Å². The molecule has 0 aliphatic carbocycles. The number of aromatic amines is 2. The summed E-state index contributed by atoms with van der Waals surface area (Å²) in [6.07, 6.45) is 5.30. The minimum Gasteiger partial charge on any atom is -0.350 e. The SMILES string of the molecule is CCNCc1cncc(-c2ccc3[nH]nc(-c4ncc(C(=O)NCCSc5ccc(F)cc5)[nH]4)c3c2)c1C. The maximum Gasteiger partial charge on any atom is 0.269 e. The number of nitrogens with zero attached hydrogens (tertiary/aromatic N) is 3. The Hall–Kier alpha value is -4.02. The molecule has 0 aliphatic rings. The largest absolute Gasteiger partial charge is 0.350 e. The molecule has 0 unspecified atom stereocenters. The number of nitrogens with one attached hydrogen (secondary N) is 4.